The molecule has 4 heterocycles. The van der Waals surface area contributed by atoms with Crippen molar-refractivity contribution in [3.05, 3.63) is 58.9 Å². The third kappa shape index (κ3) is 7.60. The van der Waals surface area contributed by atoms with Gasteiger partial charge in [-0.1, -0.05) is 19.9 Å². The molecule has 0 unspecified atom stereocenters. The minimum Gasteiger partial charge on any atom is -0.444 e. The van der Waals surface area contributed by atoms with Crippen molar-refractivity contribution in [2.24, 2.45) is 0 Å². The van der Waals surface area contributed by atoms with Gasteiger partial charge >= 0.3 is 6.09 Å². The molecule has 0 spiro atoms. The van der Waals surface area contributed by atoms with Crippen LogP contribution < -0.4 is 4.90 Å². The van der Waals surface area contributed by atoms with Crippen molar-refractivity contribution >= 4 is 17.7 Å². The summed E-state index contributed by atoms with van der Waals surface area (Å²) in [6.45, 7) is 12.5. The summed E-state index contributed by atoms with van der Waals surface area (Å²) in [6.07, 6.45) is 1.17. The van der Waals surface area contributed by atoms with Crippen LogP contribution in [0.25, 0.3) is 0 Å². The first-order chi connectivity index (χ1) is 20.9. The van der Waals surface area contributed by atoms with Crippen molar-refractivity contribution in [1.29, 1.82) is 0 Å². The minimum atomic E-state index is -2.76. The molecule has 3 aliphatic rings. The number of pyridine rings is 1. The average molecular weight is 634 g/mol. The molecular formula is C33H43F4N5O3. The molecule has 1 aromatic heterocycles. The van der Waals surface area contributed by atoms with Crippen LogP contribution in [0.2, 0.25) is 0 Å². The standard InChI is InChI=1S/C33H43F4N5O3/c1-21-15-40(25(16-39-10-9-33(36,37)20-39)17-41(21)30(44)45-31(2,3)4)18-29(43)42-19-32(5,6)26-14-38-24(13-28(26)42)11-22-7-8-23(34)12-27(22)35/h7-8,12-14,21,25H,9-11,15-20H2,1-6H3/t21-,25+/m1/s1. The Balaban J connectivity index is 1.36. The molecule has 2 fully saturated rings. The molecule has 1 aromatic carbocycles. The molecule has 3 aliphatic heterocycles. The third-order valence-corrected chi connectivity index (χ3v) is 8.84. The summed E-state index contributed by atoms with van der Waals surface area (Å²) < 4.78 is 61.7. The van der Waals surface area contributed by atoms with E-state index in [1.807, 2.05) is 25.7 Å². The molecule has 0 bridgehead atoms. The van der Waals surface area contributed by atoms with E-state index in [2.05, 4.69) is 4.98 Å². The number of anilines is 1. The van der Waals surface area contributed by atoms with Gasteiger partial charge in [-0.05, 0) is 45.4 Å². The fraction of sp³-hybridized carbons (Fsp3) is 0.606. The number of carbonyl (C=O) groups is 2. The lowest BCUT2D eigenvalue weighted by Crippen LogP contribution is -2.63. The number of likely N-dealkylation sites (tertiary alicyclic amines) is 1. The summed E-state index contributed by atoms with van der Waals surface area (Å²) in [6, 6.07) is 4.58. The highest BCUT2D eigenvalue weighted by atomic mass is 19.3. The van der Waals surface area contributed by atoms with Crippen LogP contribution in [0, 0.1) is 11.6 Å². The predicted octanol–water partition coefficient (Wildman–Crippen LogP) is 5.23. The molecule has 45 heavy (non-hydrogen) atoms. The molecule has 8 nitrogen and oxygen atoms in total. The number of piperazine rings is 1. The number of hydrogen-bond acceptors (Lipinski definition) is 6. The van der Waals surface area contributed by atoms with Gasteiger partial charge in [0.15, 0.2) is 0 Å². The van der Waals surface area contributed by atoms with E-state index < -0.39 is 29.3 Å². The van der Waals surface area contributed by atoms with Gasteiger partial charge in [-0.2, -0.15) is 0 Å². The van der Waals surface area contributed by atoms with E-state index in [1.165, 1.54) is 12.1 Å². The maximum absolute atomic E-state index is 14.4. The van der Waals surface area contributed by atoms with Crippen molar-refractivity contribution in [3.8, 4) is 0 Å². The van der Waals surface area contributed by atoms with Gasteiger partial charge < -0.3 is 14.5 Å². The van der Waals surface area contributed by atoms with Crippen LogP contribution in [0.3, 0.4) is 0 Å². The van der Waals surface area contributed by atoms with Gasteiger partial charge in [-0.25, -0.2) is 22.4 Å². The Morgan fingerprint density at radius 3 is 2.47 bits per heavy atom. The van der Waals surface area contributed by atoms with E-state index in [1.54, 1.807) is 47.7 Å². The first-order valence-electron chi connectivity index (χ1n) is 15.5. The number of carbonyl (C=O) groups excluding carboxylic acids is 2. The van der Waals surface area contributed by atoms with Crippen molar-refractivity contribution in [3.63, 3.8) is 0 Å². The first-order valence-corrected chi connectivity index (χ1v) is 15.5. The zero-order valence-corrected chi connectivity index (χ0v) is 26.9. The SMILES string of the molecule is C[C@@H]1CN(CC(=O)N2CC(C)(C)c3cnc(Cc4ccc(F)cc4F)cc32)[C@@H](CN2CCC(F)(F)C2)CN1C(=O)OC(C)(C)C. The number of benzene rings is 1. The minimum absolute atomic E-state index is 0.0289. The summed E-state index contributed by atoms with van der Waals surface area (Å²) >= 11 is 0. The predicted molar refractivity (Wildman–Crippen MR) is 163 cm³/mol. The molecule has 2 amide bonds. The Morgan fingerprint density at radius 2 is 1.82 bits per heavy atom. The molecule has 5 rings (SSSR count). The highest BCUT2D eigenvalue weighted by Gasteiger charge is 2.44. The Labute approximate surface area is 262 Å². The maximum atomic E-state index is 14.4. The first kappa shape index (κ1) is 33.1. The van der Waals surface area contributed by atoms with E-state index in [9.17, 15) is 27.2 Å². The Hall–Kier alpha value is -3.25. The zero-order valence-electron chi connectivity index (χ0n) is 26.9. The Bertz CT molecular complexity index is 1450. The lowest BCUT2D eigenvalue weighted by molar-refractivity contribution is -0.121. The number of aromatic nitrogens is 1. The van der Waals surface area contributed by atoms with Gasteiger partial charge in [0.05, 0.1) is 18.8 Å². The second-order valence-electron chi connectivity index (χ2n) is 14.4. The van der Waals surface area contributed by atoms with E-state index in [0.29, 0.717) is 30.0 Å². The van der Waals surface area contributed by atoms with Crippen molar-refractivity contribution in [1.82, 2.24) is 19.7 Å². The van der Waals surface area contributed by atoms with E-state index >= 15 is 0 Å². The molecule has 2 aromatic rings. The molecule has 12 heteroatoms. The number of nitrogens with zero attached hydrogens (tertiary/aromatic N) is 5. The summed E-state index contributed by atoms with van der Waals surface area (Å²) in [5.74, 6) is -4.25. The van der Waals surface area contributed by atoms with Crippen LogP contribution in [0.4, 0.5) is 28.0 Å². The molecular weight excluding hydrogens is 590 g/mol. The topological polar surface area (TPSA) is 69.2 Å². The normalized spacial score (nSPS) is 23.3. The van der Waals surface area contributed by atoms with Crippen molar-refractivity contribution < 1.29 is 31.9 Å². The van der Waals surface area contributed by atoms with E-state index in [4.69, 9.17) is 4.74 Å². The molecule has 2 saturated heterocycles. The van der Waals surface area contributed by atoms with Gasteiger partial charge in [0, 0.05) is 86.6 Å². The van der Waals surface area contributed by atoms with Crippen LogP contribution in [0.1, 0.15) is 64.8 Å². The van der Waals surface area contributed by atoms with Crippen molar-refractivity contribution in [2.75, 3.05) is 50.7 Å². The van der Waals surface area contributed by atoms with Crippen LogP contribution in [0.5, 0.6) is 0 Å². The van der Waals surface area contributed by atoms with Gasteiger partial charge in [0.2, 0.25) is 5.91 Å². The number of halogens is 4. The average Bonchev–Trinajstić information content (AvgIpc) is 3.40. The second-order valence-corrected chi connectivity index (χ2v) is 14.4. The van der Waals surface area contributed by atoms with Crippen LogP contribution in [0.15, 0.2) is 30.5 Å². The fourth-order valence-corrected chi connectivity index (χ4v) is 6.55. The number of fused-ring (bicyclic) bond motifs is 1. The molecule has 2 atom stereocenters. The largest absolute Gasteiger partial charge is 0.444 e. The number of alkyl halides is 2. The summed E-state index contributed by atoms with van der Waals surface area (Å²) in [4.78, 5) is 38.7. The van der Waals surface area contributed by atoms with Crippen molar-refractivity contribution in [2.45, 2.75) is 83.4 Å². The summed E-state index contributed by atoms with van der Waals surface area (Å²) in [5.41, 5.74) is 1.34. The van der Waals surface area contributed by atoms with Gasteiger partial charge in [-0.3, -0.25) is 19.6 Å². The number of amides is 2. The van der Waals surface area contributed by atoms with Crippen LogP contribution in [-0.2, 0) is 21.4 Å². The molecule has 246 valence electrons. The van der Waals surface area contributed by atoms with Gasteiger partial charge in [0.1, 0.15) is 17.2 Å². The third-order valence-electron chi connectivity index (χ3n) is 8.84. The molecule has 0 radical (unpaired) electrons. The second kappa shape index (κ2) is 12.2. The smallest absolute Gasteiger partial charge is 0.410 e. The summed E-state index contributed by atoms with van der Waals surface area (Å²) in [7, 11) is 0. The molecule has 0 N–H and O–H groups in total. The lowest BCUT2D eigenvalue weighted by atomic mass is 9.88. The molecule has 0 saturated carbocycles. The highest BCUT2D eigenvalue weighted by molar-refractivity contribution is 5.97. The number of rotatable bonds is 6. The number of hydrogen-bond donors (Lipinski definition) is 0. The van der Waals surface area contributed by atoms with Crippen LogP contribution in [-0.4, -0.2) is 101 Å². The lowest BCUT2D eigenvalue weighted by Gasteiger charge is -2.46. The molecule has 0 aliphatic carbocycles. The quantitative estimate of drug-likeness (QED) is 0.407. The highest BCUT2D eigenvalue weighted by Crippen LogP contribution is 2.41. The van der Waals surface area contributed by atoms with Gasteiger partial charge in [0.25, 0.3) is 5.92 Å². The zero-order chi connectivity index (χ0) is 32.9. The van der Waals surface area contributed by atoms with E-state index in [-0.39, 0.29) is 69.0 Å². The Kier molecular flexibility index (Phi) is 8.95. The number of ether oxygens (including phenoxy) is 1. The fourth-order valence-electron chi connectivity index (χ4n) is 6.55. The Morgan fingerprint density at radius 1 is 1.09 bits per heavy atom. The van der Waals surface area contributed by atoms with Gasteiger partial charge in [-0.15, -0.1) is 0 Å². The monoisotopic (exact) mass is 633 g/mol. The maximum Gasteiger partial charge on any atom is 0.410 e. The van der Waals surface area contributed by atoms with Crippen LogP contribution >= 0.6 is 0 Å². The van der Waals surface area contributed by atoms with E-state index in [0.717, 1.165) is 11.6 Å². The summed E-state index contributed by atoms with van der Waals surface area (Å²) in [5, 5.41) is 0.